The molecule has 1 heterocycles. The van der Waals surface area contributed by atoms with Gasteiger partial charge in [0.2, 0.25) is 5.91 Å². The second kappa shape index (κ2) is 7.65. The Labute approximate surface area is 106 Å². The van der Waals surface area contributed by atoms with Crippen molar-refractivity contribution >= 4 is 5.91 Å². The predicted octanol–water partition coefficient (Wildman–Crippen LogP) is -2.46. The second-order valence-corrected chi connectivity index (χ2v) is 4.51. The fourth-order valence-electron chi connectivity index (χ4n) is 1.71. The Morgan fingerprint density at radius 1 is 1.17 bits per heavy atom. The van der Waals surface area contributed by atoms with Crippen molar-refractivity contribution in [1.82, 2.24) is 10.2 Å². The Morgan fingerprint density at radius 3 is 2.22 bits per heavy atom. The van der Waals surface area contributed by atoms with Crippen LogP contribution in [0.4, 0.5) is 0 Å². The number of hydrogen-bond donors (Lipinski definition) is 4. The first-order valence-electron chi connectivity index (χ1n) is 6.09. The molecule has 7 nitrogen and oxygen atoms in total. The molecule has 18 heavy (non-hydrogen) atoms. The lowest BCUT2D eigenvalue weighted by molar-refractivity contribution is -0.126. The summed E-state index contributed by atoms with van der Waals surface area (Å²) in [5, 5.41) is 29.7. The quantitative estimate of drug-likeness (QED) is 0.406. The van der Waals surface area contributed by atoms with Gasteiger partial charge < -0.3 is 25.4 Å². The molecule has 1 aliphatic heterocycles. The first kappa shape index (κ1) is 15.3. The average molecular weight is 262 g/mol. The van der Waals surface area contributed by atoms with Crippen LogP contribution in [0.2, 0.25) is 0 Å². The average Bonchev–Trinajstić information content (AvgIpc) is 2.44. The number of hydrogen-bond acceptors (Lipinski definition) is 6. The number of aliphatic hydroxyl groups is 3. The second-order valence-electron chi connectivity index (χ2n) is 4.51. The molecule has 1 rings (SSSR count). The van der Waals surface area contributed by atoms with Gasteiger partial charge in [-0.2, -0.15) is 0 Å². The number of rotatable bonds is 7. The van der Waals surface area contributed by atoms with Gasteiger partial charge in [0.05, 0.1) is 33.0 Å². The lowest BCUT2D eigenvalue weighted by atomic mass is 10.0. The number of aliphatic hydroxyl groups excluding tert-OH is 3. The minimum atomic E-state index is -1.33. The molecule has 1 amide bonds. The lowest BCUT2D eigenvalue weighted by Crippen LogP contribution is -2.57. The van der Waals surface area contributed by atoms with Crippen LogP contribution in [0.25, 0.3) is 0 Å². The van der Waals surface area contributed by atoms with Gasteiger partial charge in [-0.05, 0) is 0 Å². The molecule has 0 aromatic rings. The standard InChI is InChI=1S/C11H22N2O5/c14-7-11(8-15,9-16)12-10(17)1-2-13-3-5-18-6-4-13/h14-16H,1-9H2,(H,12,17). The van der Waals surface area contributed by atoms with Crippen molar-refractivity contribution in [3.05, 3.63) is 0 Å². The Kier molecular flexibility index (Phi) is 6.51. The highest BCUT2D eigenvalue weighted by Crippen LogP contribution is 2.03. The highest BCUT2D eigenvalue weighted by molar-refractivity contribution is 5.77. The number of nitrogens with zero attached hydrogens (tertiary/aromatic N) is 1. The van der Waals surface area contributed by atoms with Gasteiger partial charge in [-0.3, -0.25) is 9.69 Å². The minimum absolute atomic E-state index is 0.266. The molecule has 0 aromatic heterocycles. The van der Waals surface area contributed by atoms with Crippen molar-refractivity contribution in [1.29, 1.82) is 0 Å². The van der Waals surface area contributed by atoms with Crippen molar-refractivity contribution in [2.24, 2.45) is 0 Å². The van der Waals surface area contributed by atoms with Crippen LogP contribution < -0.4 is 5.32 Å². The number of nitrogens with one attached hydrogen (secondary N) is 1. The van der Waals surface area contributed by atoms with Crippen LogP contribution >= 0.6 is 0 Å². The van der Waals surface area contributed by atoms with E-state index in [1.165, 1.54) is 0 Å². The molecule has 7 heteroatoms. The van der Waals surface area contributed by atoms with Crippen molar-refractivity contribution in [2.45, 2.75) is 12.0 Å². The summed E-state index contributed by atoms with van der Waals surface area (Å²) in [5.74, 6) is -0.293. The van der Waals surface area contributed by atoms with Crippen LogP contribution in [-0.2, 0) is 9.53 Å². The van der Waals surface area contributed by atoms with E-state index in [1.54, 1.807) is 0 Å². The minimum Gasteiger partial charge on any atom is -0.394 e. The van der Waals surface area contributed by atoms with E-state index in [4.69, 9.17) is 20.1 Å². The molecular formula is C11H22N2O5. The van der Waals surface area contributed by atoms with E-state index >= 15 is 0 Å². The summed E-state index contributed by atoms with van der Waals surface area (Å²) < 4.78 is 5.20. The summed E-state index contributed by atoms with van der Waals surface area (Å²) in [4.78, 5) is 13.8. The topological polar surface area (TPSA) is 102 Å². The molecule has 1 aliphatic rings. The first-order valence-corrected chi connectivity index (χ1v) is 6.09. The van der Waals surface area contributed by atoms with Crippen LogP contribution in [0.1, 0.15) is 6.42 Å². The van der Waals surface area contributed by atoms with Crippen molar-refractivity contribution in [3.63, 3.8) is 0 Å². The maximum absolute atomic E-state index is 11.7. The Morgan fingerprint density at radius 2 is 1.72 bits per heavy atom. The molecule has 0 saturated carbocycles. The number of carbonyl (C=O) groups is 1. The monoisotopic (exact) mass is 262 g/mol. The van der Waals surface area contributed by atoms with Gasteiger partial charge in [0.25, 0.3) is 0 Å². The summed E-state index contributed by atoms with van der Waals surface area (Å²) >= 11 is 0. The van der Waals surface area contributed by atoms with Gasteiger partial charge in [0, 0.05) is 26.1 Å². The molecule has 0 aromatic carbocycles. The Bertz CT molecular complexity index is 244. The van der Waals surface area contributed by atoms with Crippen LogP contribution in [0.3, 0.4) is 0 Å². The zero-order valence-corrected chi connectivity index (χ0v) is 10.5. The third kappa shape index (κ3) is 4.51. The van der Waals surface area contributed by atoms with Crippen molar-refractivity contribution in [2.75, 3.05) is 52.7 Å². The highest BCUT2D eigenvalue weighted by atomic mass is 16.5. The first-order chi connectivity index (χ1) is 8.65. The van der Waals surface area contributed by atoms with Gasteiger partial charge in [-0.15, -0.1) is 0 Å². The number of carbonyl (C=O) groups excluding carboxylic acids is 1. The summed E-state index contributed by atoms with van der Waals surface area (Å²) in [6, 6.07) is 0. The van der Waals surface area contributed by atoms with E-state index in [9.17, 15) is 4.79 Å². The third-order valence-corrected chi connectivity index (χ3v) is 3.07. The summed E-state index contributed by atoms with van der Waals surface area (Å²) in [5.41, 5.74) is -1.33. The fourth-order valence-corrected chi connectivity index (χ4v) is 1.71. The number of morpholine rings is 1. The molecule has 4 N–H and O–H groups in total. The van der Waals surface area contributed by atoms with Crippen LogP contribution in [-0.4, -0.2) is 84.3 Å². The molecule has 0 unspecified atom stereocenters. The molecular weight excluding hydrogens is 240 g/mol. The molecule has 0 radical (unpaired) electrons. The van der Waals surface area contributed by atoms with E-state index in [-0.39, 0.29) is 12.3 Å². The summed E-state index contributed by atoms with van der Waals surface area (Å²) in [6.45, 7) is 2.07. The maximum atomic E-state index is 11.7. The van der Waals surface area contributed by atoms with Crippen LogP contribution in [0.15, 0.2) is 0 Å². The molecule has 0 atom stereocenters. The van der Waals surface area contributed by atoms with Crippen LogP contribution in [0, 0.1) is 0 Å². The highest BCUT2D eigenvalue weighted by Gasteiger charge is 2.29. The summed E-state index contributed by atoms with van der Waals surface area (Å²) in [7, 11) is 0. The molecule has 106 valence electrons. The van der Waals surface area contributed by atoms with E-state index in [1.807, 2.05) is 0 Å². The third-order valence-electron chi connectivity index (χ3n) is 3.07. The SMILES string of the molecule is O=C(CCN1CCOCC1)NC(CO)(CO)CO. The summed E-state index contributed by atoms with van der Waals surface area (Å²) in [6.07, 6.45) is 0.266. The Hall–Kier alpha value is -0.730. The molecule has 1 fully saturated rings. The van der Waals surface area contributed by atoms with Crippen molar-refractivity contribution in [3.8, 4) is 0 Å². The van der Waals surface area contributed by atoms with Gasteiger partial charge in [0.15, 0.2) is 0 Å². The fraction of sp³-hybridized carbons (Fsp3) is 0.909. The smallest absolute Gasteiger partial charge is 0.221 e. The Balaban J connectivity index is 2.31. The molecule has 0 spiro atoms. The van der Waals surface area contributed by atoms with Gasteiger partial charge >= 0.3 is 0 Å². The van der Waals surface area contributed by atoms with Gasteiger partial charge in [-0.1, -0.05) is 0 Å². The number of ether oxygens (including phenoxy) is 1. The zero-order valence-electron chi connectivity index (χ0n) is 10.5. The number of amides is 1. The molecule has 1 saturated heterocycles. The van der Waals surface area contributed by atoms with E-state index in [0.717, 1.165) is 13.1 Å². The maximum Gasteiger partial charge on any atom is 0.221 e. The zero-order chi connectivity index (χ0) is 13.4. The van der Waals surface area contributed by atoms with E-state index in [2.05, 4.69) is 10.2 Å². The molecule has 0 bridgehead atoms. The largest absolute Gasteiger partial charge is 0.394 e. The van der Waals surface area contributed by atoms with E-state index < -0.39 is 25.4 Å². The molecule has 0 aliphatic carbocycles. The van der Waals surface area contributed by atoms with Gasteiger partial charge in [0.1, 0.15) is 5.54 Å². The normalized spacial score (nSPS) is 17.7. The van der Waals surface area contributed by atoms with Crippen molar-refractivity contribution < 1.29 is 24.9 Å². The lowest BCUT2D eigenvalue weighted by Gasteiger charge is -2.30. The predicted molar refractivity (Wildman–Crippen MR) is 64.0 cm³/mol. The van der Waals surface area contributed by atoms with E-state index in [0.29, 0.717) is 19.8 Å². The van der Waals surface area contributed by atoms with Crippen LogP contribution in [0.5, 0.6) is 0 Å². The van der Waals surface area contributed by atoms with Gasteiger partial charge in [-0.25, -0.2) is 0 Å².